The van der Waals surface area contributed by atoms with Gasteiger partial charge in [0, 0.05) is 5.54 Å². The Morgan fingerprint density at radius 3 is 2.05 bits per heavy atom. The minimum absolute atomic E-state index is 0.0518. The monoisotopic (exact) mass is 281 g/mol. The van der Waals surface area contributed by atoms with Crippen LogP contribution in [-0.2, 0) is 0 Å². The standard InChI is InChI=1S/C18H35NO/c1-5-15-6-8-16(9-7-15)17(20)18(19(3)4)12-10-14(2)11-13-18/h14-17,20H,5-13H2,1-4H3. The first kappa shape index (κ1) is 16.3. The fourth-order valence-corrected chi connectivity index (χ4v) is 4.62. The van der Waals surface area contributed by atoms with Crippen molar-refractivity contribution in [2.75, 3.05) is 14.1 Å². The molecule has 0 amide bonds. The number of likely N-dealkylation sites (N-methyl/N-ethyl adjacent to an activating group) is 1. The summed E-state index contributed by atoms with van der Waals surface area (Å²) in [5.74, 6) is 2.29. The largest absolute Gasteiger partial charge is 0.391 e. The quantitative estimate of drug-likeness (QED) is 0.839. The van der Waals surface area contributed by atoms with Crippen LogP contribution in [-0.4, -0.2) is 35.7 Å². The normalized spacial score (nSPS) is 40.8. The second-order valence-corrected chi connectivity index (χ2v) is 7.81. The lowest BCUT2D eigenvalue weighted by Crippen LogP contribution is -2.58. The fourth-order valence-electron chi connectivity index (χ4n) is 4.62. The van der Waals surface area contributed by atoms with Gasteiger partial charge in [-0.3, -0.25) is 0 Å². The molecule has 118 valence electrons. The third-order valence-electron chi connectivity index (χ3n) is 6.50. The van der Waals surface area contributed by atoms with Crippen molar-refractivity contribution in [2.24, 2.45) is 17.8 Å². The molecule has 0 heterocycles. The van der Waals surface area contributed by atoms with Crippen LogP contribution in [0, 0.1) is 17.8 Å². The predicted molar refractivity (Wildman–Crippen MR) is 85.8 cm³/mol. The molecule has 2 saturated carbocycles. The number of hydrogen-bond donors (Lipinski definition) is 1. The third-order valence-corrected chi connectivity index (χ3v) is 6.50. The summed E-state index contributed by atoms with van der Waals surface area (Å²) in [5, 5.41) is 11.1. The Labute approximate surface area is 125 Å². The van der Waals surface area contributed by atoms with Gasteiger partial charge < -0.3 is 10.0 Å². The van der Waals surface area contributed by atoms with Gasteiger partial charge in [0.05, 0.1) is 6.10 Å². The molecule has 2 fully saturated rings. The molecule has 0 saturated heterocycles. The van der Waals surface area contributed by atoms with E-state index < -0.39 is 0 Å². The van der Waals surface area contributed by atoms with Crippen LogP contribution in [0.5, 0.6) is 0 Å². The van der Waals surface area contributed by atoms with Crippen molar-refractivity contribution in [2.45, 2.75) is 83.3 Å². The number of nitrogens with zero attached hydrogens (tertiary/aromatic N) is 1. The summed E-state index contributed by atoms with van der Waals surface area (Å²) in [7, 11) is 4.35. The molecular formula is C18H35NO. The van der Waals surface area contributed by atoms with Gasteiger partial charge in [0.25, 0.3) is 0 Å². The lowest BCUT2D eigenvalue weighted by molar-refractivity contribution is -0.0774. The molecule has 0 aromatic rings. The van der Waals surface area contributed by atoms with Gasteiger partial charge in [0.15, 0.2) is 0 Å². The van der Waals surface area contributed by atoms with E-state index in [0.717, 1.165) is 11.8 Å². The molecule has 2 rings (SSSR count). The second kappa shape index (κ2) is 6.79. The maximum Gasteiger partial charge on any atom is 0.0751 e. The van der Waals surface area contributed by atoms with E-state index in [2.05, 4.69) is 32.8 Å². The van der Waals surface area contributed by atoms with Gasteiger partial charge in [-0.05, 0) is 70.4 Å². The van der Waals surface area contributed by atoms with E-state index in [0.29, 0.717) is 5.92 Å². The molecule has 0 spiro atoms. The number of aliphatic hydroxyl groups is 1. The molecule has 2 aliphatic carbocycles. The highest BCUT2D eigenvalue weighted by Crippen LogP contribution is 2.43. The van der Waals surface area contributed by atoms with E-state index in [1.165, 1.54) is 57.8 Å². The molecule has 2 nitrogen and oxygen atoms in total. The zero-order chi connectivity index (χ0) is 14.8. The second-order valence-electron chi connectivity index (χ2n) is 7.81. The van der Waals surface area contributed by atoms with E-state index >= 15 is 0 Å². The highest BCUT2D eigenvalue weighted by atomic mass is 16.3. The average molecular weight is 281 g/mol. The first-order valence-electron chi connectivity index (χ1n) is 8.85. The Hall–Kier alpha value is -0.0800. The highest BCUT2D eigenvalue weighted by molar-refractivity contribution is 5.01. The first-order chi connectivity index (χ1) is 9.49. The average Bonchev–Trinajstić information content (AvgIpc) is 2.47. The van der Waals surface area contributed by atoms with Gasteiger partial charge in [0.1, 0.15) is 0 Å². The van der Waals surface area contributed by atoms with E-state index in [4.69, 9.17) is 0 Å². The van der Waals surface area contributed by atoms with Crippen molar-refractivity contribution in [3.63, 3.8) is 0 Å². The lowest BCUT2D eigenvalue weighted by atomic mass is 9.66. The van der Waals surface area contributed by atoms with Crippen LogP contribution < -0.4 is 0 Å². The van der Waals surface area contributed by atoms with Crippen molar-refractivity contribution >= 4 is 0 Å². The Morgan fingerprint density at radius 2 is 1.60 bits per heavy atom. The van der Waals surface area contributed by atoms with Crippen LogP contribution >= 0.6 is 0 Å². The Balaban J connectivity index is 2.02. The van der Waals surface area contributed by atoms with E-state index in [1.54, 1.807) is 0 Å². The number of rotatable bonds is 4. The van der Waals surface area contributed by atoms with Gasteiger partial charge in [-0.15, -0.1) is 0 Å². The minimum atomic E-state index is -0.122. The first-order valence-corrected chi connectivity index (χ1v) is 8.85. The van der Waals surface area contributed by atoms with Crippen LogP contribution in [0.3, 0.4) is 0 Å². The molecule has 0 aromatic heterocycles. The number of hydrogen-bond acceptors (Lipinski definition) is 2. The molecule has 2 heteroatoms. The van der Waals surface area contributed by atoms with Crippen molar-refractivity contribution in [3.05, 3.63) is 0 Å². The van der Waals surface area contributed by atoms with Crippen molar-refractivity contribution < 1.29 is 5.11 Å². The summed E-state index contributed by atoms with van der Waals surface area (Å²) in [6.07, 6.45) is 11.2. The van der Waals surface area contributed by atoms with Crippen LogP contribution in [0.2, 0.25) is 0 Å². The zero-order valence-electron chi connectivity index (χ0n) is 14.1. The molecule has 0 radical (unpaired) electrons. The van der Waals surface area contributed by atoms with Crippen LogP contribution in [0.1, 0.15) is 71.6 Å². The van der Waals surface area contributed by atoms with Gasteiger partial charge in [0.2, 0.25) is 0 Å². The fraction of sp³-hybridized carbons (Fsp3) is 1.00. The van der Waals surface area contributed by atoms with Crippen molar-refractivity contribution in [3.8, 4) is 0 Å². The lowest BCUT2D eigenvalue weighted by Gasteiger charge is -2.50. The highest BCUT2D eigenvalue weighted by Gasteiger charge is 2.45. The predicted octanol–water partition coefficient (Wildman–Crippen LogP) is 4.07. The molecule has 1 N–H and O–H groups in total. The summed E-state index contributed by atoms with van der Waals surface area (Å²) in [5.41, 5.74) is 0.0518. The summed E-state index contributed by atoms with van der Waals surface area (Å²) in [4.78, 5) is 2.34. The van der Waals surface area contributed by atoms with Crippen molar-refractivity contribution in [1.29, 1.82) is 0 Å². The van der Waals surface area contributed by atoms with E-state index in [1.807, 2.05) is 0 Å². The molecule has 1 atom stereocenters. The molecule has 0 aliphatic heterocycles. The summed E-state index contributed by atoms with van der Waals surface area (Å²) >= 11 is 0. The molecule has 20 heavy (non-hydrogen) atoms. The maximum atomic E-state index is 11.1. The Bertz CT molecular complexity index is 286. The van der Waals surface area contributed by atoms with Gasteiger partial charge in [-0.2, -0.15) is 0 Å². The topological polar surface area (TPSA) is 23.5 Å². The summed E-state index contributed by atoms with van der Waals surface area (Å²) in [6, 6.07) is 0. The van der Waals surface area contributed by atoms with Crippen molar-refractivity contribution in [1.82, 2.24) is 4.90 Å². The van der Waals surface area contributed by atoms with Gasteiger partial charge in [-0.25, -0.2) is 0 Å². The molecule has 0 aromatic carbocycles. The minimum Gasteiger partial charge on any atom is -0.391 e. The molecule has 2 aliphatic rings. The summed E-state index contributed by atoms with van der Waals surface area (Å²) < 4.78 is 0. The summed E-state index contributed by atoms with van der Waals surface area (Å²) in [6.45, 7) is 4.67. The third kappa shape index (κ3) is 3.22. The van der Waals surface area contributed by atoms with E-state index in [9.17, 15) is 5.11 Å². The number of aliphatic hydroxyl groups excluding tert-OH is 1. The van der Waals surface area contributed by atoms with Crippen LogP contribution in [0.4, 0.5) is 0 Å². The van der Waals surface area contributed by atoms with E-state index in [-0.39, 0.29) is 11.6 Å². The van der Waals surface area contributed by atoms with Gasteiger partial charge >= 0.3 is 0 Å². The Kier molecular flexibility index (Phi) is 5.53. The Morgan fingerprint density at radius 1 is 1.05 bits per heavy atom. The molecule has 1 unspecified atom stereocenters. The molecule has 0 bridgehead atoms. The smallest absolute Gasteiger partial charge is 0.0751 e. The van der Waals surface area contributed by atoms with Crippen LogP contribution in [0.15, 0.2) is 0 Å². The maximum absolute atomic E-state index is 11.1. The SMILES string of the molecule is CCC1CCC(C(O)C2(N(C)C)CCC(C)CC2)CC1. The zero-order valence-corrected chi connectivity index (χ0v) is 14.1. The van der Waals surface area contributed by atoms with Gasteiger partial charge in [-0.1, -0.05) is 33.1 Å². The molecular weight excluding hydrogens is 246 g/mol. The van der Waals surface area contributed by atoms with Crippen LogP contribution in [0.25, 0.3) is 0 Å².